The van der Waals surface area contributed by atoms with Gasteiger partial charge in [-0.2, -0.15) is 13.2 Å². The van der Waals surface area contributed by atoms with Gasteiger partial charge in [-0.1, -0.05) is 0 Å². The van der Waals surface area contributed by atoms with Gasteiger partial charge in [0, 0.05) is 12.6 Å². The molecule has 0 aliphatic heterocycles. The molecule has 7 heteroatoms. The van der Waals surface area contributed by atoms with Gasteiger partial charge in [-0.05, 0) is 13.8 Å². The number of carbonyl (C=O) groups is 1. The van der Waals surface area contributed by atoms with Gasteiger partial charge in [0.05, 0.1) is 13.0 Å². The largest absolute Gasteiger partial charge is 0.466 e. The summed E-state index contributed by atoms with van der Waals surface area (Å²) in [6.07, 6.45) is -7.09. The topological polar surface area (TPSA) is 58.6 Å². The predicted molar refractivity (Wildman–Crippen MR) is 50.8 cm³/mol. The smallest absolute Gasteiger partial charge is 0.415 e. The Morgan fingerprint density at radius 1 is 1.50 bits per heavy atom. The van der Waals surface area contributed by atoms with E-state index in [9.17, 15) is 18.0 Å². The number of rotatable bonds is 6. The van der Waals surface area contributed by atoms with Crippen LogP contribution in [0.4, 0.5) is 13.2 Å². The number of halogens is 3. The van der Waals surface area contributed by atoms with Crippen LogP contribution in [-0.4, -0.2) is 42.5 Å². The Morgan fingerprint density at radius 3 is 2.50 bits per heavy atom. The van der Waals surface area contributed by atoms with Crippen LogP contribution >= 0.6 is 0 Å². The third-order valence-corrected chi connectivity index (χ3v) is 1.82. The van der Waals surface area contributed by atoms with Gasteiger partial charge in [-0.15, -0.1) is 0 Å². The monoisotopic (exact) mass is 243 g/mol. The molecule has 0 aromatic carbocycles. The average molecular weight is 243 g/mol. The summed E-state index contributed by atoms with van der Waals surface area (Å²) in [5, 5.41) is 11.1. The van der Waals surface area contributed by atoms with Gasteiger partial charge in [0.2, 0.25) is 0 Å². The van der Waals surface area contributed by atoms with E-state index in [2.05, 4.69) is 10.1 Å². The molecule has 0 aromatic heterocycles. The van der Waals surface area contributed by atoms with Crippen LogP contribution in [0.15, 0.2) is 0 Å². The number of hydrogen-bond acceptors (Lipinski definition) is 4. The Hall–Kier alpha value is -0.820. The second kappa shape index (κ2) is 6.70. The number of esters is 1. The summed E-state index contributed by atoms with van der Waals surface area (Å²) >= 11 is 0. The van der Waals surface area contributed by atoms with Crippen molar-refractivity contribution >= 4 is 5.97 Å². The zero-order valence-electron chi connectivity index (χ0n) is 9.17. The minimum absolute atomic E-state index is 0.0293. The lowest BCUT2D eigenvalue weighted by molar-refractivity contribution is -0.202. The average Bonchev–Trinajstić information content (AvgIpc) is 2.12. The molecule has 0 radical (unpaired) electrons. The fourth-order valence-corrected chi connectivity index (χ4v) is 0.971. The number of alkyl halides is 3. The van der Waals surface area contributed by atoms with Crippen molar-refractivity contribution in [3.05, 3.63) is 0 Å². The lowest BCUT2D eigenvalue weighted by atomic mass is 10.2. The molecule has 0 heterocycles. The molecule has 0 amide bonds. The number of ether oxygens (including phenoxy) is 1. The summed E-state index contributed by atoms with van der Waals surface area (Å²) in [7, 11) is 0. The van der Waals surface area contributed by atoms with Crippen LogP contribution in [0.3, 0.4) is 0 Å². The Kier molecular flexibility index (Phi) is 6.35. The van der Waals surface area contributed by atoms with Crippen LogP contribution in [0.25, 0.3) is 0 Å². The second-order valence-corrected chi connectivity index (χ2v) is 3.38. The molecule has 0 fully saturated rings. The molecule has 2 atom stereocenters. The van der Waals surface area contributed by atoms with E-state index < -0.39 is 30.8 Å². The highest BCUT2D eigenvalue weighted by atomic mass is 19.4. The van der Waals surface area contributed by atoms with E-state index in [1.54, 1.807) is 13.8 Å². The second-order valence-electron chi connectivity index (χ2n) is 3.38. The van der Waals surface area contributed by atoms with Gasteiger partial charge in [0.25, 0.3) is 0 Å². The molecule has 0 rings (SSSR count). The lowest BCUT2D eigenvalue weighted by Crippen LogP contribution is -2.42. The van der Waals surface area contributed by atoms with E-state index in [1.807, 2.05) is 0 Å². The first-order valence-electron chi connectivity index (χ1n) is 4.91. The summed E-state index contributed by atoms with van der Waals surface area (Å²) in [5.74, 6) is -0.482. The summed E-state index contributed by atoms with van der Waals surface area (Å²) in [6.45, 7) is 2.78. The van der Waals surface area contributed by atoms with Crippen molar-refractivity contribution in [1.29, 1.82) is 0 Å². The van der Waals surface area contributed by atoms with E-state index in [4.69, 9.17) is 5.11 Å². The van der Waals surface area contributed by atoms with E-state index >= 15 is 0 Å². The number of nitrogens with one attached hydrogen (secondary N) is 1. The highest BCUT2D eigenvalue weighted by Gasteiger charge is 2.37. The van der Waals surface area contributed by atoms with Crippen LogP contribution < -0.4 is 5.32 Å². The summed E-state index contributed by atoms with van der Waals surface area (Å²) in [4.78, 5) is 10.9. The van der Waals surface area contributed by atoms with Crippen molar-refractivity contribution < 1.29 is 27.8 Å². The Labute approximate surface area is 91.8 Å². The predicted octanol–water partition coefficient (Wildman–Crippen LogP) is 0.841. The van der Waals surface area contributed by atoms with E-state index in [0.717, 1.165) is 0 Å². The van der Waals surface area contributed by atoms with Crippen LogP contribution in [0.1, 0.15) is 20.3 Å². The first-order valence-corrected chi connectivity index (χ1v) is 4.91. The number of aliphatic hydroxyl groups excluding tert-OH is 1. The molecule has 0 saturated heterocycles. The van der Waals surface area contributed by atoms with Crippen molar-refractivity contribution in [3.63, 3.8) is 0 Å². The quantitative estimate of drug-likeness (QED) is 0.679. The fraction of sp³-hybridized carbons (Fsp3) is 0.889. The molecule has 0 aliphatic carbocycles. The zero-order valence-corrected chi connectivity index (χ0v) is 9.17. The number of carbonyl (C=O) groups excluding carboxylic acids is 1. The van der Waals surface area contributed by atoms with Crippen LogP contribution in [0.2, 0.25) is 0 Å². The highest BCUT2D eigenvalue weighted by molar-refractivity contribution is 5.69. The van der Waals surface area contributed by atoms with E-state index in [-0.39, 0.29) is 13.0 Å². The molecule has 4 nitrogen and oxygen atoms in total. The van der Waals surface area contributed by atoms with Gasteiger partial charge in [0.1, 0.15) is 0 Å². The third-order valence-electron chi connectivity index (χ3n) is 1.82. The fourth-order valence-electron chi connectivity index (χ4n) is 0.971. The Balaban J connectivity index is 3.81. The number of aliphatic hydroxyl groups is 1. The maximum absolute atomic E-state index is 11.9. The first kappa shape index (κ1) is 15.2. The van der Waals surface area contributed by atoms with Crippen LogP contribution in [0, 0.1) is 0 Å². The van der Waals surface area contributed by atoms with Gasteiger partial charge in [-0.25, -0.2) is 0 Å². The third kappa shape index (κ3) is 6.62. The molecular formula is C9H16F3NO3. The zero-order chi connectivity index (χ0) is 12.8. The van der Waals surface area contributed by atoms with E-state index in [1.165, 1.54) is 0 Å². The molecule has 2 N–H and O–H groups in total. The van der Waals surface area contributed by atoms with Gasteiger partial charge in [-0.3, -0.25) is 4.79 Å². The number of hydrogen-bond donors (Lipinski definition) is 2. The van der Waals surface area contributed by atoms with Gasteiger partial charge >= 0.3 is 12.1 Å². The molecule has 16 heavy (non-hydrogen) atoms. The van der Waals surface area contributed by atoms with Crippen molar-refractivity contribution in [2.24, 2.45) is 0 Å². The van der Waals surface area contributed by atoms with Crippen LogP contribution in [-0.2, 0) is 9.53 Å². The van der Waals surface area contributed by atoms with E-state index in [0.29, 0.717) is 0 Å². The minimum Gasteiger partial charge on any atom is -0.466 e. The standard InChI is InChI=1S/C9H16F3NO3/c1-3-16-8(15)4-6(2)13-5-7(14)9(10,11)12/h6-7,13-14H,3-5H2,1-2H3. The summed E-state index contributed by atoms with van der Waals surface area (Å²) in [6, 6.07) is -0.476. The van der Waals surface area contributed by atoms with Crippen molar-refractivity contribution in [2.75, 3.05) is 13.2 Å². The highest BCUT2D eigenvalue weighted by Crippen LogP contribution is 2.19. The van der Waals surface area contributed by atoms with Crippen molar-refractivity contribution in [3.8, 4) is 0 Å². The SMILES string of the molecule is CCOC(=O)CC(C)NCC(O)C(F)(F)F. The van der Waals surface area contributed by atoms with Crippen molar-refractivity contribution in [1.82, 2.24) is 5.32 Å². The van der Waals surface area contributed by atoms with Crippen LogP contribution in [0.5, 0.6) is 0 Å². The molecule has 0 aliphatic rings. The first-order chi connectivity index (χ1) is 7.27. The molecule has 0 spiro atoms. The lowest BCUT2D eigenvalue weighted by Gasteiger charge is -2.18. The molecule has 0 bridgehead atoms. The van der Waals surface area contributed by atoms with Crippen molar-refractivity contribution in [2.45, 2.75) is 38.6 Å². The normalized spacial score (nSPS) is 15.6. The molecule has 0 aromatic rings. The minimum atomic E-state index is -4.64. The Bertz CT molecular complexity index is 221. The molecular weight excluding hydrogens is 227 g/mol. The summed E-state index contributed by atoms with van der Waals surface area (Å²) in [5.41, 5.74) is 0. The van der Waals surface area contributed by atoms with Gasteiger partial charge in [0.15, 0.2) is 6.10 Å². The molecule has 0 saturated carbocycles. The molecule has 96 valence electrons. The Morgan fingerprint density at radius 2 is 2.06 bits per heavy atom. The maximum atomic E-state index is 11.9. The molecule has 2 unspecified atom stereocenters. The maximum Gasteiger partial charge on any atom is 0.415 e. The van der Waals surface area contributed by atoms with Gasteiger partial charge < -0.3 is 15.2 Å². The summed E-state index contributed by atoms with van der Waals surface area (Å²) < 4.78 is 40.3.